The molecule has 1 aromatic heterocycles. The molecule has 0 saturated carbocycles. The first kappa shape index (κ1) is 20.3. The van der Waals surface area contributed by atoms with E-state index in [1.807, 2.05) is 19.0 Å². The summed E-state index contributed by atoms with van der Waals surface area (Å²) >= 11 is 0. The van der Waals surface area contributed by atoms with E-state index < -0.39 is 0 Å². The summed E-state index contributed by atoms with van der Waals surface area (Å²) in [5.74, 6) is 0. The Bertz CT molecular complexity index is 731. The molecule has 0 aliphatic carbocycles. The van der Waals surface area contributed by atoms with Crippen LogP contribution < -0.4 is 0 Å². The van der Waals surface area contributed by atoms with Gasteiger partial charge in [-0.2, -0.15) is 0 Å². The molecule has 1 fully saturated rings. The first-order valence-electron chi connectivity index (χ1n) is 10.3. The van der Waals surface area contributed by atoms with E-state index in [-0.39, 0.29) is 6.10 Å². The summed E-state index contributed by atoms with van der Waals surface area (Å²) in [7, 11) is 6.22. The third-order valence-electron chi connectivity index (χ3n) is 5.83. The molecule has 0 radical (unpaired) electrons. The van der Waals surface area contributed by atoms with E-state index in [2.05, 4.69) is 52.6 Å². The van der Waals surface area contributed by atoms with Crippen LogP contribution in [0.4, 0.5) is 0 Å². The monoisotopic (exact) mass is 372 g/mol. The smallest absolute Gasteiger partial charge is 0.0845 e. The number of aromatic nitrogens is 1. The molecule has 1 aliphatic heterocycles. The highest BCUT2D eigenvalue weighted by Crippen LogP contribution is 2.27. The lowest BCUT2D eigenvalue weighted by atomic mass is 10.1. The molecule has 1 atom stereocenters. The zero-order valence-corrected chi connectivity index (χ0v) is 17.5. The van der Waals surface area contributed by atoms with Crippen molar-refractivity contribution in [2.75, 3.05) is 60.4 Å². The van der Waals surface area contributed by atoms with Crippen LogP contribution in [-0.4, -0.2) is 90.9 Å². The van der Waals surface area contributed by atoms with Gasteiger partial charge in [0.1, 0.15) is 0 Å². The maximum atomic E-state index is 10.5. The summed E-state index contributed by atoms with van der Waals surface area (Å²) in [4.78, 5) is 7.05. The van der Waals surface area contributed by atoms with Gasteiger partial charge in [0.05, 0.1) is 12.6 Å². The average molecular weight is 373 g/mol. The van der Waals surface area contributed by atoms with Crippen molar-refractivity contribution in [1.82, 2.24) is 19.3 Å². The number of piperazine rings is 1. The highest BCUT2D eigenvalue weighted by atomic mass is 16.3. The molecule has 27 heavy (non-hydrogen) atoms. The summed E-state index contributed by atoms with van der Waals surface area (Å²) in [6.07, 6.45) is 1.95. The van der Waals surface area contributed by atoms with Gasteiger partial charge < -0.3 is 24.4 Å². The minimum atomic E-state index is -0.354. The molecule has 5 nitrogen and oxygen atoms in total. The van der Waals surface area contributed by atoms with Gasteiger partial charge in [0.15, 0.2) is 0 Å². The third kappa shape index (κ3) is 5.11. The van der Waals surface area contributed by atoms with E-state index in [1.165, 1.54) is 61.3 Å². The second kappa shape index (κ2) is 9.20. The molecule has 2 aromatic rings. The minimum Gasteiger partial charge on any atom is -0.390 e. The molecule has 2 heterocycles. The van der Waals surface area contributed by atoms with Crippen LogP contribution >= 0.6 is 0 Å². The molecule has 3 rings (SSSR count). The number of nitrogens with zero attached hydrogens (tertiary/aromatic N) is 4. The fourth-order valence-corrected chi connectivity index (χ4v) is 4.29. The second-order valence-corrected chi connectivity index (χ2v) is 8.36. The van der Waals surface area contributed by atoms with E-state index in [0.29, 0.717) is 13.1 Å². The van der Waals surface area contributed by atoms with E-state index in [9.17, 15) is 5.11 Å². The van der Waals surface area contributed by atoms with Gasteiger partial charge in [-0.05, 0) is 59.1 Å². The van der Waals surface area contributed by atoms with Gasteiger partial charge in [0, 0.05) is 49.3 Å². The van der Waals surface area contributed by atoms with E-state index in [4.69, 9.17) is 0 Å². The summed E-state index contributed by atoms with van der Waals surface area (Å²) in [5.41, 5.74) is 4.02. The number of aliphatic hydroxyl groups is 1. The van der Waals surface area contributed by atoms with Gasteiger partial charge in [0.2, 0.25) is 0 Å². The normalized spacial score (nSPS) is 17.9. The molecule has 1 aromatic carbocycles. The Hall–Kier alpha value is -1.40. The first-order valence-corrected chi connectivity index (χ1v) is 10.3. The molecule has 1 saturated heterocycles. The van der Waals surface area contributed by atoms with Crippen molar-refractivity contribution >= 4 is 10.9 Å². The zero-order valence-electron chi connectivity index (χ0n) is 17.5. The Balaban J connectivity index is 1.70. The van der Waals surface area contributed by atoms with Crippen LogP contribution in [0.1, 0.15) is 17.7 Å². The van der Waals surface area contributed by atoms with Crippen LogP contribution in [0.25, 0.3) is 10.9 Å². The van der Waals surface area contributed by atoms with Crippen molar-refractivity contribution in [1.29, 1.82) is 0 Å². The summed E-state index contributed by atoms with van der Waals surface area (Å²) < 4.78 is 2.31. The van der Waals surface area contributed by atoms with E-state index >= 15 is 0 Å². The number of fused-ring (bicyclic) bond motifs is 1. The Labute approximate surface area is 164 Å². The first-order chi connectivity index (χ1) is 13.0. The summed E-state index contributed by atoms with van der Waals surface area (Å²) in [6.45, 7) is 9.48. The summed E-state index contributed by atoms with van der Waals surface area (Å²) in [6, 6.07) is 8.66. The van der Waals surface area contributed by atoms with Crippen LogP contribution in [0.5, 0.6) is 0 Å². The Kier molecular flexibility index (Phi) is 6.93. The number of hydrogen-bond acceptors (Lipinski definition) is 4. The lowest BCUT2D eigenvalue weighted by Gasteiger charge is -2.32. The fourth-order valence-electron chi connectivity index (χ4n) is 4.29. The van der Waals surface area contributed by atoms with E-state index in [0.717, 1.165) is 6.42 Å². The molecule has 0 spiro atoms. The van der Waals surface area contributed by atoms with Crippen LogP contribution in [0, 0.1) is 6.92 Å². The van der Waals surface area contributed by atoms with Crippen molar-refractivity contribution in [3.63, 3.8) is 0 Å². The highest BCUT2D eigenvalue weighted by molar-refractivity contribution is 5.85. The Morgan fingerprint density at radius 2 is 1.81 bits per heavy atom. The lowest BCUT2D eigenvalue weighted by molar-refractivity contribution is 0.120. The largest absolute Gasteiger partial charge is 0.390 e. The predicted molar refractivity (Wildman–Crippen MR) is 113 cm³/mol. The number of benzene rings is 1. The number of hydrogen-bond donors (Lipinski definition) is 1. The summed E-state index contributed by atoms with van der Waals surface area (Å²) in [5, 5.41) is 11.8. The minimum absolute atomic E-state index is 0.354. The van der Waals surface area contributed by atoms with Crippen molar-refractivity contribution in [3.8, 4) is 0 Å². The van der Waals surface area contributed by atoms with Gasteiger partial charge in [-0.3, -0.25) is 0 Å². The SMILES string of the molecule is Cc1c(CCCN2CCN(C)CC2)c2ccccc2n1CC(O)CN(C)C. The second-order valence-electron chi connectivity index (χ2n) is 8.36. The van der Waals surface area contributed by atoms with Crippen molar-refractivity contribution < 1.29 is 5.11 Å². The Morgan fingerprint density at radius 1 is 1.11 bits per heavy atom. The molecular weight excluding hydrogens is 336 g/mol. The van der Waals surface area contributed by atoms with Crippen molar-refractivity contribution in [2.45, 2.75) is 32.4 Å². The lowest BCUT2D eigenvalue weighted by Crippen LogP contribution is -2.44. The third-order valence-corrected chi connectivity index (χ3v) is 5.83. The Morgan fingerprint density at radius 3 is 2.52 bits per heavy atom. The molecule has 1 N–H and O–H groups in total. The zero-order chi connectivity index (χ0) is 19.4. The van der Waals surface area contributed by atoms with Crippen LogP contribution in [0.15, 0.2) is 24.3 Å². The van der Waals surface area contributed by atoms with Gasteiger partial charge in [0.25, 0.3) is 0 Å². The van der Waals surface area contributed by atoms with Crippen molar-refractivity contribution in [2.24, 2.45) is 0 Å². The number of aryl methyl sites for hydroxylation is 1. The maximum absolute atomic E-state index is 10.5. The number of para-hydroxylation sites is 1. The quantitative estimate of drug-likeness (QED) is 0.769. The van der Waals surface area contributed by atoms with Crippen molar-refractivity contribution in [3.05, 3.63) is 35.5 Å². The molecular formula is C22H36N4O. The molecule has 150 valence electrons. The molecule has 1 unspecified atom stereocenters. The van der Waals surface area contributed by atoms with Crippen LogP contribution in [-0.2, 0) is 13.0 Å². The fraction of sp³-hybridized carbons (Fsp3) is 0.636. The van der Waals surface area contributed by atoms with Gasteiger partial charge in [-0.1, -0.05) is 18.2 Å². The topological polar surface area (TPSA) is 34.9 Å². The maximum Gasteiger partial charge on any atom is 0.0845 e. The number of aliphatic hydroxyl groups excluding tert-OH is 1. The predicted octanol–water partition coefficient (Wildman–Crippen LogP) is 2.05. The van der Waals surface area contributed by atoms with Gasteiger partial charge in [-0.15, -0.1) is 0 Å². The molecule has 5 heteroatoms. The highest BCUT2D eigenvalue weighted by Gasteiger charge is 2.18. The number of rotatable bonds is 8. The average Bonchev–Trinajstić information content (AvgIpc) is 2.88. The van der Waals surface area contributed by atoms with Gasteiger partial charge >= 0.3 is 0 Å². The molecule has 0 amide bonds. The van der Waals surface area contributed by atoms with E-state index in [1.54, 1.807) is 0 Å². The van der Waals surface area contributed by atoms with Crippen LogP contribution in [0.3, 0.4) is 0 Å². The van der Waals surface area contributed by atoms with Crippen LogP contribution in [0.2, 0.25) is 0 Å². The molecule has 1 aliphatic rings. The standard InChI is InChI=1S/C22H36N4O/c1-18-20(9-7-11-25-14-12-24(4)13-15-25)21-8-5-6-10-22(21)26(18)17-19(27)16-23(2)3/h5-6,8,10,19,27H,7,9,11-17H2,1-4H3. The molecule has 0 bridgehead atoms. The van der Waals surface area contributed by atoms with Gasteiger partial charge in [-0.25, -0.2) is 0 Å². The number of likely N-dealkylation sites (N-methyl/N-ethyl adjacent to an activating group) is 2.